The van der Waals surface area contributed by atoms with E-state index in [1.807, 2.05) is 0 Å². The summed E-state index contributed by atoms with van der Waals surface area (Å²) in [5, 5.41) is 6.08. The molecule has 1 amide bonds. The van der Waals surface area contributed by atoms with Crippen LogP contribution in [0.5, 0.6) is 0 Å². The summed E-state index contributed by atoms with van der Waals surface area (Å²) in [6.07, 6.45) is 2.66. The van der Waals surface area contributed by atoms with Crippen LogP contribution in [0.15, 0.2) is 10.7 Å². The summed E-state index contributed by atoms with van der Waals surface area (Å²) < 4.78 is 0.733. The molecule has 0 fully saturated rings. The monoisotopic (exact) mass is 315 g/mol. The van der Waals surface area contributed by atoms with Gasteiger partial charge in [0.15, 0.2) is 0 Å². The Morgan fingerprint density at radius 3 is 2.78 bits per heavy atom. The molecule has 0 aliphatic carbocycles. The molecule has 0 saturated heterocycles. The van der Waals surface area contributed by atoms with Gasteiger partial charge in [-0.1, -0.05) is 6.92 Å². The second kappa shape index (κ2) is 7.15. The van der Waals surface area contributed by atoms with E-state index in [1.54, 1.807) is 20.3 Å². The van der Waals surface area contributed by atoms with Gasteiger partial charge < -0.3 is 15.5 Å². The van der Waals surface area contributed by atoms with Crippen LogP contribution in [-0.2, 0) is 4.79 Å². The average Bonchev–Trinajstić information content (AvgIpc) is 2.35. The van der Waals surface area contributed by atoms with Crippen LogP contribution < -0.4 is 10.6 Å². The third-order valence-corrected chi connectivity index (χ3v) is 2.76. The number of carbonyl (C=O) groups is 1. The van der Waals surface area contributed by atoms with Crippen LogP contribution in [0.1, 0.15) is 13.3 Å². The molecule has 0 aromatic carbocycles. The normalized spacial score (nSPS) is 10.0. The Labute approximate surface area is 115 Å². The molecule has 1 aromatic heterocycles. The average molecular weight is 316 g/mol. The lowest BCUT2D eigenvalue weighted by Gasteiger charge is -2.12. The Kier molecular flexibility index (Phi) is 5.84. The predicted octanol–water partition coefficient (Wildman–Crippen LogP) is 1.56. The zero-order chi connectivity index (χ0) is 13.5. The number of nitrogens with one attached hydrogen (secondary N) is 2. The van der Waals surface area contributed by atoms with Gasteiger partial charge in [0.05, 0.1) is 11.0 Å². The van der Waals surface area contributed by atoms with E-state index in [0.717, 1.165) is 17.4 Å². The van der Waals surface area contributed by atoms with E-state index >= 15 is 0 Å². The van der Waals surface area contributed by atoms with Crippen LogP contribution in [0.3, 0.4) is 0 Å². The first kappa shape index (κ1) is 14.7. The number of carbonyl (C=O) groups excluding carboxylic acids is 1. The number of anilines is 2. The molecule has 0 aliphatic heterocycles. The van der Waals surface area contributed by atoms with Gasteiger partial charge in [0.1, 0.15) is 5.82 Å². The predicted molar refractivity (Wildman–Crippen MR) is 75.7 cm³/mol. The molecule has 6 nitrogen and oxygen atoms in total. The molecule has 0 aliphatic rings. The van der Waals surface area contributed by atoms with Crippen LogP contribution in [0, 0.1) is 0 Å². The van der Waals surface area contributed by atoms with Crippen molar-refractivity contribution >= 4 is 33.6 Å². The van der Waals surface area contributed by atoms with Crippen molar-refractivity contribution in [1.29, 1.82) is 0 Å². The van der Waals surface area contributed by atoms with Gasteiger partial charge in [0.25, 0.3) is 0 Å². The molecule has 100 valence electrons. The summed E-state index contributed by atoms with van der Waals surface area (Å²) in [6.45, 7) is 3.09. The molecule has 1 heterocycles. The van der Waals surface area contributed by atoms with E-state index in [2.05, 4.69) is 43.5 Å². The summed E-state index contributed by atoms with van der Waals surface area (Å²) >= 11 is 3.35. The largest absolute Gasteiger partial charge is 0.360 e. The first-order valence-electron chi connectivity index (χ1n) is 5.75. The van der Waals surface area contributed by atoms with Crippen LogP contribution in [0.4, 0.5) is 11.8 Å². The molecular weight excluding hydrogens is 298 g/mol. The molecule has 18 heavy (non-hydrogen) atoms. The van der Waals surface area contributed by atoms with Crippen LogP contribution in [0.2, 0.25) is 0 Å². The third-order valence-electron chi connectivity index (χ3n) is 2.18. The lowest BCUT2D eigenvalue weighted by molar-refractivity contribution is -0.126. The molecule has 2 N–H and O–H groups in total. The molecule has 0 saturated carbocycles. The number of amides is 1. The van der Waals surface area contributed by atoms with Crippen molar-refractivity contribution < 1.29 is 4.79 Å². The van der Waals surface area contributed by atoms with Crippen molar-refractivity contribution in [2.45, 2.75) is 13.3 Å². The molecule has 1 rings (SSSR count). The van der Waals surface area contributed by atoms with Crippen molar-refractivity contribution in [2.75, 3.05) is 37.8 Å². The fraction of sp³-hybridized carbons (Fsp3) is 0.545. The first-order chi connectivity index (χ1) is 8.54. The number of hydrogen-bond donors (Lipinski definition) is 2. The van der Waals surface area contributed by atoms with E-state index < -0.39 is 0 Å². The van der Waals surface area contributed by atoms with Gasteiger partial charge in [-0.2, -0.15) is 4.98 Å². The highest BCUT2D eigenvalue weighted by molar-refractivity contribution is 9.10. The summed E-state index contributed by atoms with van der Waals surface area (Å²) in [7, 11) is 3.43. The van der Waals surface area contributed by atoms with Crippen LogP contribution in [0.25, 0.3) is 0 Å². The maximum absolute atomic E-state index is 11.5. The van der Waals surface area contributed by atoms with Gasteiger partial charge >= 0.3 is 0 Å². The van der Waals surface area contributed by atoms with Crippen LogP contribution >= 0.6 is 15.9 Å². The minimum absolute atomic E-state index is 0.0106. The number of hydrogen-bond acceptors (Lipinski definition) is 5. The molecule has 0 radical (unpaired) electrons. The summed E-state index contributed by atoms with van der Waals surface area (Å²) in [5.74, 6) is 1.15. The molecule has 1 aromatic rings. The Morgan fingerprint density at radius 1 is 1.44 bits per heavy atom. The van der Waals surface area contributed by atoms with Gasteiger partial charge in [-0.05, 0) is 22.4 Å². The number of likely N-dealkylation sites (N-methyl/N-ethyl adjacent to an activating group) is 1. The Morgan fingerprint density at radius 2 is 2.17 bits per heavy atom. The maximum atomic E-state index is 11.5. The lowest BCUT2D eigenvalue weighted by Crippen LogP contribution is -2.29. The number of nitrogens with zero attached hydrogens (tertiary/aromatic N) is 3. The highest BCUT2D eigenvalue weighted by atomic mass is 79.9. The summed E-state index contributed by atoms with van der Waals surface area (Å²) in [6, 6.07) is 0. The van der Waals surface area contributed by atoms with E-state index in [4.69, 9.17) is 0 Å². The van der Waals surface area contributed by atoms with Crippen molar-refractivity contribution in [3.8, 4) is 0 Å². The SMILES string of the molecule is CCCNc1ncc(Br)c(NCC(=O)N(C)C)n1. The second-order valence-electron chi connectivity index (χ2n) is 3.96. The van der Waals surface area contributed by atoms with E-state index in [-0.39, 0.29) is 12.5 Å². The third kappa shape index (κ3) is 4.48. The van der Waals surface area contributed by atoms with Crippen LogP contribution in [-0.4, -0.2) is 48.0 Å². The summed E-state index contributed by atoms with van der Waals surface area (Å²) in [5.41, 5.74) is 0. The van der Waals surface area contributed by atoms with Gasteiger partial charge in [-0.3, -0.25) is 4.79 Å². The Bertz CT molecular complexity index is 410. The second-order valence-corrected chi connectivity index (χ2v) is 4.81. The van der Waals surface area contributed by atoms with Crippen molar-refractivity contribution in [1.82, 2.24) is 14.9 Å². The quantitative estimate of drug-likeness (QED) is 0.833. The smallest absolute Gasteiger partial charge is 0.241 e. The Hall–Kier alpha value is -1.37. The minimum Gasteiger partial charge on any atom is -0.360 e. The topological polar surface area (TPSA) is 70.2 Å². The number of aromatic nitrogens is 2. The molecule has 7 heteroatoms. The standard InChI is InChI=1S/C11H18BrN5O/c1-4-5-13-11-15-6-8(12)10(16-11)14-7-9(18)17(2)3/h6H,4-5,7H2,1-3H3,(H2,13,14,15,16). The highest BCUT2D eigenvalue weighted by Crippen LogP contribution is 2.19. The van der Waals surface area contributed by atoms with E-state index in [9.17, 15) is 4.79 Å². The van der Waals surface area contributed by atoms with Gasteiger partial charge in [0, 0.05) is 26.8 Å². The number of rotatable bonds is 6. The minimum atomic E-state index is -0.0106. The van der Waals surface area contributed by atoms with E-state index in [0.29, 0.717) is 11.8 Å². The zero-order valence-electron chi connectivity index (χ0n) is 10.8. The molecule has 0 atom stereocenters. The molecular formula is C11H18BrN5O. The molecule has 0 bridgehead atoms. The van der Waals surface area contributed by atoms with Crippen molar-refractivity contribution in [2.24, 2.45) is 0 Å². The maximum Gasteiger partial charge on any atom is 0.241 e. The van der Waals surface area contributed by atoms with E-state index in [1.165, 1.54) is 4.90 Å². The van der Waals surface area contributed by atoms with Gasteiger partial charge in [-0.15, -0.1) is 0 Å². The molecule has 0 spiro atoms. The zero-order valence-corrected chi connectivity index (χ0v) is 12.4. The Balaban J connectivity index is 2.66. The number of halogens is 1. The first-order valence-corrected chi connectivity index (χ1v) is 6.54. The van der Waals surface area contributed by atoms with Gasteiger partial charge in [0.2, 0.25) is 11.9 Å². The fourth-order valence-electron chi connectivity index (χ4n) is 1.13. The van der Waals surface area contributed by atoms with Crippen molar-refractivity contribution in [3.63, 3.8) is 0 Å². The van der Waals surface area contributed by atoms with Gasteiger partial charge in [-0.25, -0.2) is 4.98 Å². The molecule has 0 unspecified atom stereocenters. The lowest BCUT2D eigenvalue weighted by atomic mass is 10.5. The fourth-order valence-corrected chi connectivity index (χ4v) is 1.46. The highest BCUT2D eigenvalue weighted by Gasteiger charge is 2.08. The van der Waals surface area contributed by atoms with Crippen molar-refractivity contribution in [3.05, 3.63) is 10.7 Å². The summed E-state index contributed by atoms with van der Waals surface area (Å²) in [4.78, 5) is 21.4.